The summed E-state index contributed by atoms with van der Waals surface area (Å²) in [6.45, 7) is 2.85. The van der Waals surface area contributed by atoms with E-state index in [4.69, 9.17) is 5.73 Å². The summed E-state index contributed by atoms with van der Waals surface area (Å²) < 4.78 is 0. The Morgan fingerprint density at radius 3 is 2.23 bits per heavy atom. The van der Waals surface area contributed by atoms with E-state index in [9.17, 15) is 44.7 Å². The lowest BCUT2D eigenvalue weighted by atomic mass is 9.55. The number of carbonyl (C=O) groups is 4. The number of aromatic hydroxyl groups is 1. The molecule has 1 aromatic carbocycles. The number of aliphatic hydroxyl groups is 4. The molecule has 0 aromatic heterocycles. The highest BCUT2D eigenvalue weighted by molar-refractivity contribution is 6.25. The third-order valence-corrected chi connectivity index (χ3v) is 7.49. The standard InChI is InChI=1S/C24H26N2O9/c1-7-11-9(8(2)27)5-6-10(28)13(11)18(29)14-12(7)19(30)16-17(26(3)4)20(31)15(23(25)34)22(33)24(16,35)21(14)32/h5-7,12,16-17,19,28,30-32,35H,1-4H3,(H2,25,34)/t7-,12+,16+,17-,19-,24-/m0/s1. The Bertz CT molecular complexity index is 1280. The van der Waals surface area contributed by atoms with E-state index in [1.807, 2.05) is 0 Å². The molecule has 186 valence electrons. The van der Waals surface area contributed by atoms with Gasteiger partial charge in [-0.3, -0.25) is 24.1 Å². The monoisotopic (exact) mass is 486 g/mol. The first kappa shape index (κ1) is 24.6. The van der Waals surface area contributed by atoms with Gasteiger partial charge in [-0.25, -0.2) is 0 Å². The first-order valence-corrected chi connectivity index (χ1v) is 10.9. The average Bonchev–Trinajstić information content (AvgIpc) is 2.75. The van der Waals surface area contributed by atoms with Crippen LogP contribution in [0.15, 0.2) is 34.8 Å². The van der Waals surface area contributed by atoms with Crippen LogP contribution in [0.25, 0.3) is 0 Å². The van der Waals surface area contributed by atoms with Gasteiger partial charge in [0.1, 0.15) is 22.8 Å². The second-order valence-electron chi connectivity index (χ2n) is 9.53. The van der Waals surface area contributed by atoms with Gasteiger partial charge >= 0.3 is 0 Å². The van der Waals surface area contributed by atoms with Crippen molar-refractivity contribution in [2.45, 2.75) is 37.5 Å². The van der Waals surface area contributed by atoms with Gasteiger partial charge in [0.2, 0.25) is 5.78 Å². The number of aliphatic hydroxyl groups excluding tert-OH is 3. The summed E-state index contributed by atoms with van der Waals surface area (Å²) in [5.41, 5.74) is 0.823. The molecule has 0 bridgehead atoms. The second-order valence-corrected chi connectivity index (χ2v) is 9.53. The summed E-state index contributed by atoms with van der Waals surface area (Å²) in [4.78, 5) is 52.5. The fourth-order valence-electron chi connectivity index (χ4n) is 6.01. The van der Waals surface area contributed by atoms with E-state index in [1.165, 1.54) is 32.0 Å². The zero-order valence-electron chi connectivity index (χ0n) is 19.4. The molecule has 7 N–H and O–H groups in total. The number of likely N-dealkylation sites (N-methyl/N-ethyl adjacent to an activating group) is 1. The van der Waals surface area contributed by atoms with E-state index >= 15 is 0 Å². The van der Waals surface area contributed by atoms with Crippen LogP contribution in [0.2, 0.25) is 0 Å². The molecular formula is C24H26N2O9. The van der Waals surface area contributed by atoms with Crippen molar-refractivity contribution in [3.63, 3.8) is 0 Å². The van der Waals surface area contributed by atoms with Gasteiger partial charge in [0.05, 0.1) is 23.6 Å². The van der Waals surface area contributed by atoms with E-state index in [0.717, 1.165) is 6.07 Å². The van der Waals surface area contributed by atoms with Crippen molar-refractivity contribution in [3.8, 4) is 5.75 Å². The smallest absolute Gasteiger partial charge is 0.255 e. The van der Waals surface area contributed by atoms with Crippen LogP contribution in [-0.2, 0) is 9.59 Å². The minimum Gasteiger partial charge on any atom is -0.510 e. The molecule has 0 spiro atoms. The van der Waals surface area contributed by atoms with Gasteiger partial charge in [0.25, 0.3) is 5.91 Å². The highest BCUT2D eigenvalue weighted by Gasteiger charge is 2.67. The molecule has 35 heavy (non-hydrogen) atoms. The Balaban J connectivity index is 2.09. The van der Waals surface area contributed by atoms with Crippen LogP contribution in [0.3, 0.4) is 0 Å². The van der Waals surface area contributed by atoms with E-state index in [0.29, 0.717) is 0 Å². The van der Waals surface area contributed by atoms with E-state index in [2.05, 4.69) is 0 Å². The molecule has 0 saturated carbocycles. The van der Waals surface area contributed by atoms with Crippen LogP contribution in [0, 0.1) is 11.8 Å². The van der Waals surface area contributed by atoms with Gasteiger partial charge < -0.3 is 31.3 Å². The predicted octanol–water partition coefficient (Wildman–Crippen LogP) is -0.145. The number of fused-ring (bicyclic) bond motifs is 3. The molecule has 0 fully saturated rings. The van der Waals surface area contributed by atoms with Crippen molar-refractivity contribution in [2.75, 3.05) is 14.1 Å². The van der Waals surface area contributed by atoms with E-state index < -0.39 is 87.2 Å². The second kappa shape index (κ2) is 7.74. The predicted molar refractivity (Wildman–Crippen MR) is 120 cm³/mol. The molecule has 0 unspecified atom stereocenters. The Morgan fingerprint density at radius 2 is 1.71 bits per heavy atom. The van der Waals surface area contributed by atoms with Gasteiger partial charge in [-0.2, -0.15) is 0 Å². The Hall–Kier alpha value is -3.54. The van der Waals surface area contributed by atoms with Gasteiger partial charge in [-0.05, 0) is 44.6 Å². The third kappa shape index (κ3) is 2.95. The van der Waals surface area contributed by atoms with Gasteiger partial charge in [-0.1, -0.05) is 6.92 Å². The quantitative estimate of drug-likeness (QED) is 0.247. The zero-order chi connectivity index (χ0) is 26.3. The fourth-order valence-corrected chi connectivity index (χ4v) is 6.01. The first-order chi connectivity index (χ1) is 16.2. The molecule has 4 rings (SSSR count). The number of carbonyl (C=O) groups excluding carboxylic acids is 4. The Kier molecular flexibility index (Phi) is 5.43. The number of phenols is 1. The highest BCUT2D eigenvalue weighted by atomic mass is 16.4. The number of amides is 1. The number of rotatable bonds is 3. The number of benzene rings is 1. The number of phenolic OH excluding ortho intramolecular Hbond substituents is 1. The van der Waals surface area contributed by atoms with E-state index in [1.54, 1.807) is 6.92 Å². The topological polar surface area (TPSA) is 199 Å². The number of hydrogen-bond donors (Lipinski definition) is 6. The zero-order valence-corrected chi connectivity index (χ0v) is 19.4. The molecule has 1 amide bonds. The van der Waals surface area contributed by atoms with Crippen molar-refractivity contribution in [1.82, 2.24) is 4.90 Å². The number of nitrogens with zero attached hydrogens (tertiary/aromatic N) is 1. The maximum absolute atomic E-state index is 13.6. The lowest BCUT2D eigenvalue weighted by Gasteiger charge is -2.53. The molecule has 11 nitrogen and oxygen atoms in total. The molecule has 3 aliphatic rings. The molecule has 11 heteroatoms. The molecule has 3 aliphatic carbocycles. The lowest BCUT2D eigenvalue weighted by Crippen LogP contribution is -2.68. The summed E-state index contributed by atoms with van der Waals surface area (Å²) in [5.74, 6) is -10.3. The van der Waals surface area contributed by atoms with Crippen molar-refractivity contribution in [2.24, 2.45) is 17.6 Å². The molecule has 0 heterocycles. The van der Waals surface area contributed by atoms with Gasteiger partial charge in [0, 0.05) is 17.1 Å². The molecular weight excluding hydrogens is 460 g/mol. The lowest BCUT2D eigenvalue weighted by molar-refractivity contribution is -0.162. The maximum atomic E-state index is 13.6. The van der Waals surface area contributed by atoms with Crippen molar-refractivity contribution >= 4 is 23.3 Å². The Labute approximate surface area is 199 Å². The summed E-state index contributed by atoms with van der Waals surface area (Å²) in [6.07, 6.45) is -1.71. The number of hydrogen-bond acceptors (Lipinski definition) is 10. The van der Waals surface area contributed by atoms with Crippen molar-refractivity contribution in [3.05, 3.63) is 51.5 Å². The van der Waals surface area contributed by atoms with Crippen LogP contribution in [0.5, 0.6) is 5.75 Å². The van der Waals surface area contributed by atoms with Crippen LogP contribution in [-0.4, -0.2) is 85.5 Å². The third-order valence-electron chi connectivity index (χ3n) is 7.49. The molecule has 0 radical (unpaired) electrons. The minimum absolute atomic E-state index is 0.132. The van der Waals surface area contributed by atoms with Crippen LogP contribution < -0.4 is 5.73 Å². The van der Waals surface area contributed by atoms with Crippen LogP contribution in [0.1, 0.15) is 46.0 Å². The number of ketones is 3. The normalized spacial score (nSPS) is 32.4. The Morgan fingerprint density at radius 1 is 1.11 bits per heavy atom. The first-order valence-electron chi connectivity index (χ1n) is 10.9. The van der Waals surface area contributed by atoms with E-state index in [-0.39, 0.29) is 16.7 Å². The van der Waals surface area contributed by atoms with Crippen molar-refractivity contribution in [1.29, 1.82) is 0 Å². The average molecular weight is 486 g/mol. The van der Waals surface area contributed by atoms with Crippen LogP contribution in [0.4, 0.5) is 0 Å². The molecule has 1 aromatic rings. The number of primary amides is 1. The van der Waals surface area contributed by atoms with Gasteiger partial charge in [0.15, 0.2) is 17.2 Å². The number of nitrogens with two attached hydrogens (primary N) is 1. The SMILES string of the molecule is CC(=O)c1ccc(O)c2c1[C@H](C)[C@@H]1C(=C(O)[C@]3(O)C(=O)C(C(N)=O)=C(O)[C@@H](N(C)C)[C@@H]3[C@H]1O)C2=O. The molecule has 6 atom stereocenters. The summed E-state index contributed by atoms with van der Waals surface area (Å²) >= 11 is 0. The summed E-state index contributed by atoms with van der Waals surface area (Å²) in [5, 5.41) is 55.6. The van der Waals surface area contributed by atoms with Crippen LogP contribution >= 0.6 is 0 Å². The molecule has 0 saturated heterocycles. The summed E-state index contributed by atoms with van der Waals surface area (Å²) in [7, 11) is 2.91. The van der Waals surface area contributed by atoms with Gasteiger partial charge in [-0.15, -0.1) is 0 Å². The largest absolute Gasteiger partial charge is 0.510 e. The highest BCUT2D eigenvalue weighted by Crippen LogP contribution is 2.55. The minimum atomic E-state index is -2.97. The fraction of sp³-hybridized carbons (Fsp3) is 0.417. The molecule has 0 aliphatic heterocycles. The van der Waals surface area contributed by atoms with Crippen molar-refractivity contribution < 1.29 is 44.7 Å². The summed E-state index contributed by atoms with van der Waals surface area (Å²) in [6, 6.07) is 1.15. The number of Topliss-reactive ketones (excluding diaryl/α,β-unsaturated/α-hetero) is 3. The maximum Gasteiger partial charge on any atom is 0.255 e.